The van der Waals surface area contributed by atoms with Gasteiger partial charge in [-0.05, 0) is 26.7 Å². The Balaban J connectivity index is 2.66. The van der Waals surface area contributed by atoms with E-state index in [1.807, 2.05) is 0 Å². The molecule has 1 rings (SSSR count). The largest absolute Gasteiger partial charge is 0.481 e. The maximum atomic E-state index is 11.9. The van der Waals surface area contributed by atoms with Crippen LogP contribution in [0.25, 0.3) is 0 Å². The normalized spacial score (nSPS) is 19.3. The number of nitrogens with two attached hydrogens (primary N) is 1. The second kappa shape index (κ2) is 5.69. The Bertz CT molecular complexity index is 315. The second-order valence-electron chi connectivity index (χ2n) is 6.13. The van der Waals surface area contributed by atoms with Crippen molar-refractivity contribution in [2.45, 2.75) is 69.9 Å². The van der Waals surface area contributed by atoms with Crippen molar-refractivity contribution in [3.63, 3.8) is 0 Å². The number of carboxylic acid groups (broad SMARTS) is 1. The molecule has 0 heterocycles. The second-order valence-corrected chi connectivity index (χ2v) is 6.13. The van der Waals surface area contributed by atoms with Crippen molar-refractivity contribution in [1.29, 1.82) is 0 Å². The van der Waals surface area contributed by atoms with Gasteiger partial charge < -0.3 is 16.2 Å². The van der Waals surface area contributed by atoms with Crippen LogP contribution in [-0.2, 0) is 9.59 Å². The lowest BCUT2D eigenvalue weighted by Crippen LogP contribution is -2.53. The smallest absolute Gasteiger partial charge is 0.305 e. The molecule has 1 aliphatic carbocycles. The van der Waals surface area contributed by atoms with Gasteiger partial charge in [-0.1, -0.05) is 19.3 Å². The van der Waals surface area contributed by atoms with Crippen molar-refractivity contribution >= 4 is 11.9 Å². The van der Waals surface area contributed by atoms with Gasteiger partial charge >= 0.3 is 5.97 Å². The van der Waals surface area contributed by atoms with Crippen LogP contribution in [0.5, 0.6) is 0 Å². The minimum Gasteiger partial charge on any atom is -0.481 e. The minimum absolute atomic E-state index is 0.00371. The van der Waals surface area contributed by atoms with Crippen LogP contribution in [0.3, 0.4) is 0 Å². The van der Waals surface area contributed by atoms with E-state index in [1.165, 1.54) is 0 Å². The van der Waals surface area contributed by atoms with Crippen LogP contribution in [0.4, 0.5) is 0 Å². The quantitative estimate of drug-likeness (QED) is 0.693. The summed E-state index contributed by atoms with van der Waals surface area (Å²) in [6, 6.07) is 0. The van der Waals surface area contributed by atoms with Gasteiger partial charge in [-0.3, -0.25) is 9.59 Å². The Morgan fingerprint density at radius 1 is 1.28 bits per heavy atom. The number of nitrogens with one attached hydrogen (secondary N) is 1. The van der Waals surface area contributed by atoms with Crippen molar-refractivity contribution in [2.75, 3.05) is 0 Å². The van der Waals surface area contributed by atoms with E-state index in [9.17, 15) is 9.59 Å². The fourth-order valence-corrected chi connectivity index (χ4v) is 2.62. The molecule has 1 amide bonds. The summed E-state index contributed by atoms with van der Waals surface area (Å²) in [6.45, 7) is 3.58. The van der Waals surface area contributed by atoms with E-state index in [4.69, 9.17) is 10.8 Å². The molecule has 104 valence electrons. The van der Waals surface area contributed by atoms with Gasteiger partial charge in [0.15, 0.2) is 0 Å². The minimum atomic E-state index is -0.857. The van der Waals surface area contributed by atoms with Crippen molar-refractivity contribution in [1.82, 2.24) is 5.32 Å². The predicted molar refractivity (Wildman–Crippen MR) is 69.1 cm³/mol. The van der Waals surface area contributed by atoms with Crippen molar-refractivity contribution in [2.24, 2.45) is 5.73 Å². The van der Waals surface area contributed by atoms with Crippen LogP contribution in [0, 0.1) is 0 Å². The van der Waals surface area contributed by atoms with E-state index >= 15 is 0 Å². The Morgan fingerprint density at radius 2 is 1.83 bits per heavy atom. The molecule has 0 atom stereocenters. The molecule has 0 radical (unpaired) electrons. The number of hydrogen-bond donors (Lipinski definition) is 3. The molecule has 0 unspecified atom stereocenters. The molecule has 0 spiro atoms. The van der Waals surface area contributed by atoms with Crippen LogP contribution in [-0.4, -0.2) is 28.1 Å². The molecule has 0 aliphatic heterocycles. The number of carbonyl (C=O) groups is 2. The van der Waals surface area contributed by atoms with E-state index in [0.717, 1.165) is 32.1 Å². The lowest BCUT2D eigenvalue weighted by Gasteiger charge is -2.37. The van der Waals surface area contributed by atoms with Gasteiger partial charge in [0.2, 0.25) is 5.91 Å². The molecule has 18 heavy (non-hydrogen) atoms. The third-order valence-corrected chi connectivity index (χ3v) is 3.32. The third kappa shape index (κ3) is 5.04. The molecule has 0 aromatic rings. The highest BCUT2D eigenvalue weighted by Crippen LogP contribution is 2.31. The Labute approximate surface area is 108 Å². The van der Waals surface area contributed by atoms with Crippen LogP contribution in [0.1, 0.15) is 58.8 Å². The summed E-state index contributed by atoms with van der Waals surface area (Å²) in [5.41, 5.74) is 4.68. The first-order valence-corrected chi connectivity index (χ1v) is 6.54. The molecule has 4 N–H and O–H groups in total. The maximum Gasteiger partial charge on any atom is 0.305 e. The van der Waals surface area contributed by atoms with Gasteiger partial charge in [-0.15, -0.1) is 0 Å². The number of hydrogen-bond acceptors (Lipinski definition) is 3. The lowest BCUT2D eigenvalue weighted by molar-refractivity contribution is -0.139. The topological polar surface area (TPSA) is 92.4 Å². The molecule has 0 aromatic carbocycles. The first kappa shape index (κ1) is 15.0. The lowest BCUT2D eigenvalue weighted by atomic mass is 9.79. The molecular weight excluding hydrogens is 232 g/mol. The summed E-state index contributed by atoms with van der Waals surface area (Å²) in [4.78, 5) is 22.9. The van der Waals surface area contributed by atoms with Crippen molar-refractivity contribution in [3.8, 4) is 0 Å². The molecule has 5 heteroatoms. The number of rotatable bonds is 5. The van der Waals surface area contributed by atoms with Gasteiger partial charge in [0.05, 0.1) is 12.0 Å². The molecular formula is C13H24N2O3. The summed E-state index contributed by atoms with van der Waals surface area (Å²) in [7, 11) is 0. The Morgan fingerprint density at radius 3 is 2.28 bits per heavy atom. The van der Waals surface area contributed by atoms with Gasteiger partial charge in [0, 0.05) is 12.0 Å². The van der Waals surface area contributed by atoms with Gasteiger partial charge in [0.25, 0.3) is 0 Å². The highest BCUT2D eigenvalue weighted by molar-refractivity contribution is 5.79. The fourth-order valence-electron chi connectivity index (χ4n) is 2.62. The number of aliphatic carboxylic acids is 1. The van der Waals surface area contributed by atoms with E-state index < -0.39 is 17.0 Å². The molecule has 1 saturated carbocycles. The van der Waals surface area contributed by atoms with E-state index in [1.54, 1.807) is 13.8 Å². The zero-order chi connectivity index (χ0) is 13.8. The summed E-state index contributed by atoms with van der Waals surface area (Å²) in [5, 5.41) is 11.9. The summed E-state index contributed by atoms with van der Waals surface area (Å²) in [6.07, 6.45) is 4.77. The zero-order valence-electron chi connectivity index (χ0n) is 11.3. The standard InChI is InChI=1S/C13H24N2O3/c1-12(2,14)8-10(16)15-13(9-11(17)18)6-4-3-5-7-13/h3-9,14H2,1-2H3,(H,15,16)(H,17,18). The fraction of sp³-hybridized carbons (Fsp3) is 0.846. The van der Waals surface area contributed by atoms with Crippen molar-refractivity contribution in [3.05, 3.63) is 0 Å². The van der Waals surface area contributed by atoms with Gasteiger partial charge in [-0.2, -0.15) is 0 Å². The molecule has 5 nitrogen and oxygen atoms in total. The van der Waals surface area contributed by atoms with Crippen LogP contribution >= 0.6 is 0 Å². The Kier molecular flexibility index (Phi) is 4.73. The van der Waals surface area contributed by atoms with Gasteiger partial charge in [0.1, 0.15) is 0 Å². The average molecular weight is 256 g/mol. The molecule has 1 fully saturated rings. The zero-order valence-corrected chi connectivity index (χ0v) is 11.3. The highest BCUT2D eigenvalue weighted by atomic mass is 16.4. The predicted octanol–water partition coefficient (Wildman–Crippen LogP) is 1.41. The van der Waals surface area contributed by atoms with E-state index in [2.05, 4.69) is 5.32 Å². The molecule has 0 bridgehead atoms. The summed E-state index contributed by atoms with van der Waals surface area (Å²) in [5.74, 6) is -1.00. The molecule has 0 saturated heterocycles. The van der Waals surface area contributed by atoms with Crippen LogP contribution in [0.2, 0.25) is 0 Å². The van der Waals surface area contributed by atoms with Crippen molar-refractivity contribution < 1.29 is 14.7 Å². The van der Waals surface area contributed by atoms with E-state index in [0.29, 0.717) is 0 Å². The SMILES string of the molecule is CC(C)(N)CC(=O)NC1(CC(=O)O)CCCCC1. The first-order valence-electron chi connectivity index (χ1n) is 6.54. The Hall–Kier alpha value is -1.10. The maximum absolute atomic E-state index is 11.9. The number of amides is 1. The molecule has 0 aromatic heterocycles. The van der Waals surface area contributed by atoms with Crippen LogP contribution in [0.15, 0.2) is 0 Å². The first-order chi connectivity index (χ1) is 8.22. The highest BCUT2D eigenvalue weighted by Gasteiger charge is 2.36. The third-order valence-electron chi connectivity index (χ3n) is 3.32. The van der Waals surface area contributed by atoms with Gasteiger partial charge in [-0.25, -0.2) is 0 Å². The number of carboxylic acids is 1. The number of carbonyl (C=O) groups excluding carboxylic acids is 1. The monoisotopic (exact) mass is 256 g/mol. The summed E-state index contributed by atoms with van der Waals surface area (Å²) >= 11 is 0. The average Bonchev–Trinajstić information content (AvgIpc) is 2.13. The van der Waals surface area contributed by atoms with Crippen LogP contribution < -0.4 is 11.1 Å². The summed E-state index contributed by atoms with van der Waals surface area (Å²) < 4.78 is 0. The van der Waals surface area contributed by atoms with E-state index in [-0.39, 0.29) is 18.7 Å². The molecule has 1 aliphatic rings.